The van der Waals surface area contributed by atoms with Crippen molar-refractivity contribution in [1.82, 2.24) is 9.78 Å². The molecule has 2 atom stereocenters. The van der Waals surface area contributed by atoms with Crippen LogP contribution in [0.2, 0.25) is 0 Å². The molecule has 1 saturated heterocycles. The Kier molecular flexibility index (Phi) is 4.82. The highest BCUT2D eigenvalue weighted by atomic mass is 35.5. The fourth-order valence-corrected chi connectivity index (χ4v) is 2.93. The van der Waals surface area contributed by atoms with Crippen LogP contribution in [-0.4, -0.2) is 22.5 Å². The summed E-state index contributed by atoms with van der Waals surface area (Å²) in [4.78, 5) is 0. The highest BCUT2D eigenvalue weighted by molar-refractivity contribution is 6.19. The third kappa shape index (κ3) is 3.48. The molecule has 124 valence electrons. The molecule has 1 aromatic heterocycles. The molecule has 4 nitrogen and oxygen atoms in total. The summed E-state index contributed by atoms with van der Waals surface area (Å²) in [6.07, 6.45) is 0.633. The highest BCUT2D eigenvalue weighted by Gasteiger charge is 2.26. The number of rotatable bonds is 4. The second kappa shape index (κ2) is 6.84. The predicted molar refractivity (Wildman–Crippen MR) is 82.8 cm³/mol. The van der Waals surface area contributed by atoms with E-state index in [0.717, 1.165) is 12.8 Å². The lowest BCUT2D eigenvalue weighted by Gasteiger charge is -2.26. The van der Waals surface area contributed by atoms with Gasteiger partial charge in [0.25, 0.3) is 6.43 Å². The molecule has 2 aromatic rings. The Bertz CT molecular complexity index is 678. The summed E-state index contributed by atoms with van der Waals surface area (Å²) >= 11 is 6.00. The zero-order chi connectivity index (χ0) is 16.4. The number of alkyl halides is 3. The third-order valence-corrected chi connectivity index (χ3v) is 4.14. The number of halogens is 3. The largest absolute Gasteiger partial charge is 0.497 e. The molecule has 0 saturated carbocycles. The molecule has 0 amide bonds. The Morgan fingerprint density at radius 3 is 2.91 bits per heavy atom. The van der Waals surface area contributed by atoms with E-state index < -0.39 is 18.2 Å². The summed E-state index contributed by atoms with van der Waals surface area (Å²) < 4.78 is 39.0. The monoisotopic (exact) mass is 342 g/mol. The van der Waals surface area contributed by atoms with Gasteiger partial charge in [-0.25, -0.2) is 13.5 Å². The van der Waals surface area contributed by atoms with E-state index in [0.29, 0.717) is 17.7 Å². The van der Waals surface area contributed by atoms with Crippen molar-refractivity contribution < 1.29 is 18.3 Å². The second-order valence-electron chi connectivity index (χ2n) is 5.38. The number of ether oxygens (including phenoxy) is 2. The number of nitrogens with zero attached hydrogens (tertiary/aromatic N) is 2. The standard InChI is InChI=1S/C16H17ClF2N2O2/c1-22-11-5-2-4-10(8-11)15-12(16(18)19)9-21(20-15)14-7-3-6-13(17)23-14/h2,4-5,8-9,13-14,16H,3,6-7H2,1H3. The molecule has 0 N–H and O–H groups in total. The Morgan fingerprint density at radius 2 is 2.22 bits per heavy atom. The molecule has 0 spiro atoms. The van der Waals surface area contributed by atoms with Crippen LogP contribution in [0.25, 0.3) is 11.3 Å². The molecule has 0 aliphatic carbocycles. The molecule has 1 aliphatic heterocycles. The number of benzene rings is 1. The molecule has 0 radical (unpaired) electrons. The van der Waals surface area contributed by atoms with Crippen LogP contribution < -0.4 is 4.74 Å². The van der Waals surface area contributed by atoms with Gasteiger partial charge in [-0.15, -0.1) is 0 Å². The van der Waals surface area contributed by atoms with Gasteiger partial charge in [0.1, 0.15) is 17.0 Å². The second-order valence-corrected chi connectivity index (χ2v) is 5.86. The molecule has 1 aliphatic rings. The van der Waals surface area contributed by atoms with Crippen molar-refractivity contribution in [3.63, 3.8) is 0 Å². The summed E-state index contributed by atoms with van der Waals surface area (Å²) in [5, 5.41) is 4.33. The van der Waals surface area contributed by atoms with E-state index in [9.17, 15) is 8.78 Å². The fourth-order valence-electron chi connectivity index (χ4n) is 2.66. The first kappa shape index (κ1) is 16.2. The van der Waals surface area contributed by atoms with E-state index in [-0.39, 0.29) is 11.3 Å². The van der Waals surface area contributed by atoms with E-state index in [1.807, 2.05) is 0 Å². The number of aromatic nitrogens is 2. The number of hydrogen-bond acceptors (Lipinski definition) is 3. The van der Waals surface area contributed by atoms with Crippen molar-refractivity contribution in [3.05, 3.63) is 36.0 Å². The third-order valence-electron chi connectivity index (χ3n) is 3.82. The van der Waals surface area contributed by atoms with Crippen LogP contribution in [0.5, 0.6) is 5.75 Å². The fraction of sp³-hybridized carbons (Fsp3) is 0.438. The van der Waals surface area contributed by atoms with Crippen LogP contribution in [0.4, 0.5) is 8.78 Å². The Labute approximate surface area is 138 Å². The normalized spacial score (nSPS) is 21.6. The van der Waals surface area contributed by atoms with Gasteiger partial charge in [-0.1, -0.05) is 23.7 Å². The van der Waals surface area contributed by atoms with Gasteiger partial charge in [0, 0.05) is 11.8 Å². The SMILES string of the molecule is COc1cccc(-c2nn(C3CCCC(Cl)O3)cc2C(F)F)c1. The van der Waals surface area contributed by atoms with Crippen LogP contribution in [0.1, 0.15) is 37.5 Å². The highest BCUT2D eigenvalue weighted by Crippen LogP contribution is 2.35. The molecule has 2 heterocycles. The summed E-state index contributed by atoms with van der Waals surface area (Å²) in [6.45, 7) is 0. The number of methoxy groups -OCH3 is 1. The van der Waals surface area contributed by atoms with Gasteiger partial charge < -0.3 is 9.47 Å². The summed E-state index contributed by atoms with van der Waals surface area (Å²) in [7, 11) is 1.53. The Morgan fingerprint density at radius 1 is 1.39 bits per heavy atom. The minimum Gasteiger partial charge on any atom is -0.497 e. The first-order valence-electron chi connectivity index (χ1n) is 7.39. The molecule has 1 aromatic carbocycles. The van der Waals surface area contributed by atoms with Gasteiger partial charge in [-0.3, -0.25) is 0 Å². The van der Waals surface area contributed by atoms with Crippen molar-refractivity contribution in [2.45, 2.75) is 37.5 Å². The van der Waals surface area contributed by atoms with Crippen molar-refractivity contribution in [3.8, 4) is 17.0 Å². The quantitative estimate of drug-likeness (QED) is 0.751. The van der Waals surface area contributed by atoms with E-state index >= 15 is 0 Å². The predicted octanol–water partition coefficient (Wildman–Crippen LogP) is 4.76. The minimum absolute atomic E-state index is 0.126. The lowest BCUT2D eigenvalue weighted by Crippen LogP contribution is -2.22. The van der Waals surface area contributed by atoms with E-state index in [1.165, 1.54) is 18.0 Å². The van der Waals surface area contributed by atoms with Gasteiger partial charge in [-0.05, 0) is 31.4 Å². The average Bonchev–Trinajstić information content (AvgIpc) is 3.00. The zero-order valence-electron chi connectivity index (χ0n) is 12.6. The van der Waals surface area contributed by atoms with Gasteiger partial charge in [0.05, 0.1) is 12.7 Å². The Hall–Kier alpha value is -1.66. The maximum Gasteiger partial charge on any atom is 0.267 e. The van der Waals surface area contributed by atoms with Gasteiger partial charge in [0.2, 0.25) is 0 Å². The minimum atomic E-state index is -2.62. The number of hydrogen-bond donors (Lipinski definition) is 0. The van der Waals surface area contributed by atoms with E-state index in [4.69, 9.17) is 21.1 Å². The molecule has 7 heteroatoms. The molecule has 1 fully saturated rings. The lowest BCUT2D eigenvalue weighted by atomic mass is 10.1. The smallest absolute Gasteiger partial charge is 0.267 e. The van der Waals surface area contributed by atoms with Crippen molar-refractivity contribution >= 4 is 11.6 Å². The van der Waals surface area contributed by atoms with E-state index in [2.05, 4.69) is 5.10 Å². The Balaban J connectivity index is 1.98. The van der Waals surface area contributed by atoms with Gasteiger partial charge in [-0.2, -0.15) is 5.10 Å². The maximum absolute atomic E-state index is 13.4. The van der Waals surface area contributed by atoms with Crippen molar-refractivity contribution in [2.75, 3.05) is 7.11 Å². The topological polar surface area (TPSA) is 36.3 Å². The van der Waals surface area contributed by atoms with Crippen LogP contribution in [-0.2, 0) is 4.74 Å². The molecule has 23 heavy (non-hydrogen) atoms. The van der Waals surface area contributed by atoms with Gasteiger partial charge >= 0.3 is 0 Å². The molecule has 2 unspecified atom stereocenters. The maximum atomic E-state index is 13.4. The van der Waals surface area contributed by atoms with Gasteiger partial charge in [0.15, 0.2) is 6.23 Å². The molecular formula is C16H17ClF2N2O2. The summed E-state index contributed by atoms with van der Waals surface area (Å²) in [5.41, 5.74) is 0.280. The molecule has 0 bridgehead atoms. The zero-order valence-corrected chi connectivity index (χ0v) is 13.3. The van der Waals surface area contributed by atoms with Crippen molar-refractivity contribution in [1.29, 1.82) is 0 Å². The van der Waals surface area contributed by atoms with Crippen molar-refractivity contribution in [2.24, 2.45) is 0 Å². The van der Waals surface area contributed by atoms with Crippen LogP contribution in [0.15, 0.2) is 30.5 Å². The summed E-state index contributed by atoms with van der Waals surface area (Å²) in [5.74, 6) is 0.590. The average molecular weight is 343 g/mol. The summed E-state index contributed by atoms with van der Waals surface area (Å²) in [6, 6.07) is 6.91. The lowest BCUT2D eigenvalue weighted by molar-refractivity contribution is -0.0598. The van der Waals surface area contributed by atoms with Crippen LogP contribution >= 0.6 is 11.6 Å². The van der Waals surface area contributed by atoms with Crippen LogP contribution in [0, 0.1) is 0 Å². The molecular weight excluding hydrogens is 326 g/mol. The molecule has 3 rings (SSSR count). The van der Waals surface area contributed by atoms with E-state index in [1.54, 1.807) is 24.3 Å². The first-order valence-corrected chi connectivity index (χ1v) is 7.83. The first-order chi connectivity index (χ1) is 11.1. The van der Waals surface area contributed by atoms with Crippen LogP contribution in [0.3, 0.4) is 0 Å².